The van der Waals surface area contributed by atoms with Crippen LogP contribution in [0.5, 0.6) is 0 Å². The highest BCUT2D eigenvalue weighted by atomic mass is 16.2. The predicted octanol–water partition coefficient (Wildman–Crippen LogP) is 2.82. The van der Waals surface area contributed by atoms with E-state index in [0.29, 0.717) is 5.92 Å². The van der Waals surface area contributed by atoms with Crippen molar-refractivity contribution < 1.29 is 4.79 Å². The van der Waals surface area contributed by atoms with E-state index in [4.69, 9.17) is 5.26 Å². The molecule has 1 saturated heterocycles. The fourth-order valence-corrected chi connectivity index (χ4v) is 2.44. The zero-order chi connectivity index (χ0) is 13.1. The van der Waals surface area contributed by atoms with Crippen LogP contribution < -0.4 is 0 Å². The van der Waals surface area contributed by atoms with E-state index < -0.39 is 5.41 Å². The molecule has 1 amide bonds. The number of amides is 1. The molecule has 1 fully saturated rings. The molecule has 0 radical (unpaired) electrons. The molecule has 0 bridgehead atoms. The first-order valence-corrected chi connectivity index (χ1v) is 6.59. The summed E-state index contributed by atoms with van der Waals surface area (Å²) in [6.45, 7) is 9.54. The van der Waals surface area contributed by atoms with Gasteiger partial charge >= 0.3 is 0 Å². The maximum atomic E-state index is 12.2. The lowest BCUT2D eigenvalue weighted by Gasteiger charge is -2.26. The van der Waals surface area contributed by atoms with Gasteiger partial charge < -0.3 is 4.90 Å². The molecule has 1 aliphatic heterocycles. The van der Waals surface area contributed by atoms with E-state index in [1.54, 1.807) is 13.8 Å². The van der Waals surface area contributed by atoms with E-state index in [1.165, 1.54) is 6.42 Å². The second kappa shape index (κ2) is 5.53. The molecule has 1 unspecified atom stereocenters. The first-order valence-electron chi connectivity index (χ1n) is 6.59. The van der Waals surface area contributed by atoms with Crippen LogP contribution in [-0.2, 0) is 4.79 Å². The van der Waals surface area contributed by atoms with Crippen molar-refractivity contribution >= 4 is 5.91 Å². The Morgan fingerprint density at radius 2 is 2.00 bits per heavy atom. The van der Waals surface area contributed by atoms with Crippen molar-refractivity contribution in [1.82, 2.24) is 4.90 Å². The molecular formula is C14H24N2O. The van der Waals surface area contributed by atoms with Gasteiger partial charge in [0, 0.05) is 13.1 Å². The maximum absolute atomic E-state index is 12.2. The molecule has 0 aromatic heterocycles. The summed E-state index contributed by atoms with van der Waals surface area (Å²) in [7, 11) is 0. The number of hydrogen-bond donors (Lipinski definition) is 0. The SMILES string of the molecule is CC(C)C1CCCN(C(=O)C(C)(C)C#N)CC1. The predicted molar refractivity (Wildman–Crippen MR) is 68.2 cm³/mol. The van der Waals surface area contributed by atoms with E-state index >= 15 is 0 Å². The van der Waals surface area contributed by atoms with Crippen LogP contribution in [0.1, 0.15) is 47.0 Å². The lowest BCUT2D eigenvalue weighted by atomic mass is 9.89. The van der Waals surface area contributed by atoms with Crippen LogP contribution in [0.3, 0.4) is 0 Å². The average Bonchev–Trinajstić information content (AvgIpc) is 2.53. The molecule has 0 saturated carbocycles. The van der Waals surface area contributed by atoms with Crippen molar-refractivity contribution in [2.45, 2.75) is 47.0 Å². The van der Waals surface area contributed by atoms with Gasteiger partial charge in [-0.15, -0.1) is 0 Å². The van der Waals surface area contributed by atoms with Gasteiger partial charge in [-0.25, -0.2) is 0 Å². The Morgan fingerprint density at radius 1 is 1.35 bits per heavy atom. The van der Waals surface area contributed by atoms with Crippen molar-refractivity contribution in [2.24, 2.45) is 17.3 Å². The summed E-state index contributed by atoms with van der Waals surface area (Å²) < 4.78 is 0. The van der Waals surface area contributed by atoms with E-state index in [9.17, 15) is 4.79 Å². The quantitative estimate of drug-likeness (QED) is 0.740. The average molecular weight is 236 g/mol. The Morgan fingerprint density at radius 3 is 2.53 bits per heavy atom. The monoisotopic (exact) mass is 236 g/mol. The van der Waals surface area contributed by atoms with E-state index in [-0.39, 0.29) is 5.91 Å². The van der Waals surface area contributed by atoms with Crippen LogP contribution in [0.15, 0.2) is 0 Å². The molecule has 1 heterocycles. The van der Waals surface area contributed by atoms with Gasteiger partial charge in [0.25, 0.3) is 0 Å². The Bertz CT molecular complexity index is 315. The van der Waals surface area contributed by atoms with Gasteiger partial charge in [-0.1, -0.05) is 13.8 Å². The normalized spacial score (nSPS) is 22.1. The second-order valence-electron chi connectivity index (χ2n) is 5.96. The van der Waals surface area contributed by atoms with Crippen LogP contribution >= 0.6 is 0 Å². The molecule has 0 aromatic rings. The van der Waals surface area contributed by atoms with Crippen molar-refractivity contribution in [2.75, 3.05) is 13.1 Å². The summed E-state index contributed by atoms with van der Waals surface area (Å²) in [6.07, 6.45) is 3.34. The van der Waals surface area contributed by atoms with Crippen LogP contribution in [0.2, 0.25) is 0 Å². The molecule has 1 aliphatic rings. The van der Waals surface area contributed by atoms with Crippen molar-refractivity contribution in [1.29, 1.82) is 5.26 Å². The number of carbonyl (C=O) groups excluding carboxylic acids is 1. The van der Waals surface area contributed by atoms with E-state index in [2.05, 4.69) is 19.9 Å². The summed E-state index contributed by atoms with van der Waals surface area (Å²) in [5, 5.41) is 9.01. The molecule has 1 atom stereocenters. The van der Waals surface area contributed by atoms with Gasteiger partial charge in [-0.2, -0.15) is 5.26 Å². The van der Waals surface area contributed by atoms with Crippen molar-refractivity contribution in [3.05, 3.63) is 0 Å². The van der Waals surface area contributed by atoms with E-state index in [1.807, 2.05) is 4.90 Å². The standard InChI is InChI=1S/C14H24N2O/c1-11(2)12-6-5-8-16(9-7-12)13(17)14(3,4)10-15/h11-12H,5-9H2,1-4H3. The Balaban J connectivity index is 2.64. The molecule has 0 N–H and O–H groups in total. The van der Waals surface area contributed by atoms with E-state index in [0.717, 1.165) is 31.8 Å². The van der Waals surface area contributed by atoms with Gasteiger partial charge in [0.05, 0.1) is 6.07 Å². The van der Waals surface area contributed by atoms with Crippen LogP contribution in [-0.4, -0.2) is 23.9 Å². The Labute approximate surface area is 105 Å². The molecule has 0 spiro atoms. The third kappa shape index (κ3) is 3.46. The largest absolute Gasteiger partial charge is 0.341 e. The second-order valence-corrected chi connectivity index (χ2v) is 5.96. The highest BCUT2D eigenvalue weighted by molar-refractivity contribution is 5.84. The minimum atomic E-state index is -0.877. The van der Waals surface area contributed by atoms with Crippen LogP contribution in [0, 0.1) is 28.6 Å². The number of nitriles is 1. The van der Waals surface area contributed by atoms with Gasteiger partial charge in [0.2, 0.25) is 5.91 Å². The Hall–Kier alpha value is -1.04. The number of rotatable bonds is 2. The summed E-state index contributed by atoms with van der Waals surface area (Å²) in [4.78, 5) is 14.1. The molecular weight excluding hydrogens is 212 g/mol. The third-order valence-corrected chi connectivity index (χ3v) is 3.82. The topological polar surface area (TPSA) is 44.1 Å². The minimum absolute atomic E-state index is 0.00981. The lowest BCUT2D eigenvalue weighted by Crippen LogP contribution is -2.40. The lowest BCUT2D eigenvalue weighted by molar-refractivity contribution is -0.137. The molecule has 3 nitrogen and oxygen atoms in total. The molecule has 0 aromatic carbocycles. The van der Waals surface area contributed by atoms with Gasteiger partial charge in [-0.05, 0) is 44.9 Å². The van der Waals surface area contributed by atoms with Gasteiger partial charge in [0.15, 0.2) is 0 Å². The maximum Gasteiger partial charge on any atom is 0.242 e. The zero-order valence-corrected chi connectivity index (χ0v) is 11.5. The fraction of sp³-hybridized carbons (Fsp3) is 0.857. The molecule has 17 heavy (non-hydrogen) atoms. The highest BCUT2D eigenvalue weighted by Crippen LogP contribution is 2.27. The summed E-state index contributed by atoms with van der Waals surface area (Å²) >= 11 is 0. The molecule has 96 valence electrons. The summed E-state index contributed by atoms with van der Waals surface area (Å²) in [5.74, 6) is 1.40. The summed E-state index contributed by atoms with van der Waals surface area (Å²) in [6, 6.07) is 2.10. The third-order valence-electron chi connectivity index (χ3n) is 3.82. The summed E-state index contributed by atoms with van der Waals surface area (Å²) in [5.41, 5.74) is -0.877. The van der Waals surface area contributed by atoms with Crippen LogP contribution in [0.25, 0.3) is 0 Å². The zero-order valence-electron chi connectivity index (χ0n) is 11.5. The first-order chi connectivity index (χ1) is 7.88. The molecule has 1 rings (SSSR count). The molecule has 3 heteroatoms. The van der Waals surface area contributed by atoms with Crippen molar-refractivity contribution in [3.63, 3.8) is 0 Å². The van der Waals surface area contributed by atoms with Crippen LogP contribution in [0.4, 0.5) is 0 Å². The Kier molecular flexibility index (Phi) is 4.56. The molecule has 0 aliphatic carbocycles. The first kappa shape index (κ1) is 14.0. The number of nitrogens with zero attached hydrogens (tertiary/aromatic N) is 2. The highest BCUT2D eigenvalue weighted by Gasteiger charge is 2.33. The van der Waals surface area contributed by atoms with Gasteiger partial charge in [-0.3, -0.25) is 4.79 Å². The number of carbonyl (C=O) groups is 1. The van der Waals surface area contributed by atoms with Gasteiger partial charge in [0.1, 0.15) is 5.41 Å². The number of likely N-dealkylation sites (tertiary alicyclic amines) is 1. The number of hydrogen-bond acceptors (Lipinski definition) is 2. The fourth-order valence-electron chi connectivity index (χ4n) is 2.44. The smallest absolute Gasteiger partial charge is 0.242 e. The van der Waals surface area contributed by atoms with Crippen molar-refractivity contribution in [3.8, 4) is 6.07 Å². The minimum Gasteiger partial charge on any atom is -0.341 e.